The number of aromatic nitrogens is 1. The van der Waals surface area contributed by atoms with E-state index >= 15 is 0 Å². The van der Waals surface area contributed by atoms with Crippen LogP contribution in [-0.2, 0) is 11.0 Å². The third-order valence-corrected chi connectivity index (χ3v) is 7.44. The predicted octanol–water partition coefficient (Wildman–Crippen LogP) is 5.29. The van der Waals surface area contributed by atoms with Gasteiger partial charge in [-0.05, 0) is 43.9 Å². The molecule has 3 heterocycles. The first kappa shape index (κ1) is 26.9. The fraction of sp³-hybridized carbons (Fsp3) is 0.519. The van der Waals surface area contributed by atoms with Gasteiger partial charge in [0.15, 0.2) is 0 Å². The molecule has 2 amide bonds. The smallest absolute Gasteiger partial charge is 0.417 e. The molecule has 4 rings (SSSR count). The van der Waals surface area contributed by atoms with E-state index in [1.165, 1.54) is 18.1 Å². The molecule has 1 aromatic heterocycles. The highest BCUT2D eigenvalue weighted by molar-refractivity contribution is 5.96. The lowest BCUT2D eigenvalue weighted by Gasteiger charge is -2.42. The summed E-state index contributed by atoms with van der Waals surface area (Å²) in [6.07, 6.45) is 0.0269. The average Bonchev–Trinajstić information content (AvgIpc) is 3.37. The molecule has 37 heavy (non-hydrogen) atoms. The first-order chi connectivity index (χ1) is 17.7. The van der Waals surface area contributed by atoms with Gasteiger partial charge in [-0.2, -0.15) is 13.2 Å². The van der Waals surface area contributed by atoms with E-state index in [0.717, 1.165) is 18.5 Å². The van der Waals surface area contributed by atoms with Gasteiger partial charge in [0.1, 0.15) is 11.6 Å². The van der Waals surface area contributed by atoms with Gasteiger partial charge >= 0.3 is 6.18 Å². The van der Waals surface area contributed by atoms with E-state index in [0.29, 0.717) is 56.5 Å². The number of pyridine rings is 1. The third-order valence-electron chi connectivity index (χ3n) is 7.44. The van der Waals surface area contributed by atoms with Crippen LogP contribution in [-0.4, -0.2) is 59.4 Å². The number of piperidine rings is 1. The molecule has 0 spiro atoms. The minimum Gasteiger partial charge on any atom is -0.496 e. The Hall–Kier alpha value is -3.17. The molecule has 6 nitrogen and oxygen atoms in total. The quantitative estimate of drug-likeness (QED) is 0.485. The zero-order chi connectivity index (χ0) is 26.7. The van der Waals surface area contributed by atoms with Crippen LogP contribution in [0.5, 0.6) is 5.75 Å². The third kappa shape index (κ3) is 5.43. The highest BCUT2D eigenvalue weighted by Crippen LogP contribution is 2.38. The van der Waals surface area contributed by atoms with Crippen LogP contribution in [0.2, 0.25) is 0 Å². The number of hydrogen-bond acceptors (Lipinski definition) is 4. The van der Waals surface area contributed by atoms with E-state index in [9.17, 15) is 27.2 Å². The second kappa shape index (κ2) is 11.1. The molecule has 0 N–H and O–H groups in total. The monoisotopic (exact) mass is 521 g/mol. The Morgan fingerprint density at radius 3 is 2.65 bits per heavy atom. The highest BCUT2D eigenvalue weighted by atomic mass is 19.4. The summed E-state index contributed by atoms with van der Waals surface area (Å²) in [5.74, 6) is -1.60. The Labute approximate surface area is 213 Å². The lowest BCUT2D eigenvalue weighted by Crippen LogP contribution is -2.53. The van der Waals surface area contributed by atoms with E-state index in [-0.39, 0.29) is 24.2 Å². The maximum absolute atomic E-state index is 14.6. The second-order valence-electron chi connectivity index (χ2n) is 9.65. The van der Waals surface area contributed by atoms with Crippen LogP contribution in [0, 0.1) is 11.7 Å². The molecule has 2 aliphatic rings. The fourth-order valence-corrected chi connectivity index (χ4v) is 5.74. The molecule has 1 aromatic carbocycles. The minimum atomic E-state index is -4.70. The molecule has 0 radical (unpaired) electrons. The van der Waals surface area contributed by atoms with Crippen LogP contribution in [0.15, 0.2) is 36.7 Å². The Morgan fingerprint density at radius 2 is 1.95 bits per heavy atom. The van der Waals surface area contributed by atoms with Crippen LogP contribution in [0.25, 0.3) is 0 Å². The maximum atomic E-state index is 14.6. The zero-order valence-corrected chi connectivity index (χ0v) is 20.9. The van der Waals surface area contributed by atoms with Crippen molar-refractivity contribution in [3.63, 3.8) is 0 Å². The summed E-state index contributed by atoms with van der Waals surface area (Å²) >= 11 is 0. The molecule has 10 heteroatoms. The van der Waals surface area contributed by atoms with E-state index < -0.39 is 35.2 Å². The number of hydrogen-bond donors (Lipinski definition) is 0. The molecular weight excluding hydrogens is 490 g/mol. The van der Waals surface area contributed by atoms with E-state index in [2.05, 4.69) is 4.98 Å². The molecular formula is C27H31F4N3O3. The summed E-state index contributed by atoms with van der Waals surface area (Å²) in [5.41, 5.74) is -1.09. The van der Waals surface area contributed by atoms with Gasteiger partial charge < -0.3 is 14.5 Å². The summed E-state index contributed by atoms with van der Waals surface area (Å²) < 4.78 is 60.8. The second-order valence-corrected chi connectivity index (χ2v) is 9.65. The van der Waals surface area contributed by atoms with Crippen molar-refractivity contribution in [2.24, 2.45) is 5.92 Å². The first-order valence-electron chi connectivity index (χ1n) is 12.6. The standard InChI is InChI=1S/C27H31F4N3O3/c1-3-6-22-18(7-5-13-34(22)26(36)19-15-32-12-10-20(19)27(29,30)31)25(35)33-14-11-17(16-33)24-21(28)8-4-9-23(24)37-2/h4,8-10,12,15,17-18,22H,3,5-7,11,13-14,16H2,1-2H3. The SMILES string of the molecule is CCCC1C(C(=O)N2CCC(c3c(F)cccc3OC)C2)CCCN1C(=O)c1cnccc1C(F)(F)F. The van der Waals surface area contributed by atoms with Gasteiger partial charge in [0, 0.05) is 49.6 Å². The minimum absolute atomic E-state index is 0.143. The number of halogens is 4. The summed E-state index contributed by atoms with van der Waals surface area (Å²) in [5, 5.41) is 0. The number of alkyl halides is 3. The lowest BCUT2D eigenvalue weighted by atomic mass is 9.84. The molecule has 2 aromatic rings. The lowest BCUT2D eigenvalue weighted by molar-refractivity contribution is -0.139. The molecule has 3 atom stereocenters. The number of methoxy groups -OCH3 is 1. The number of benzene rings is 1. The predicted molar refractivity (Wildman–Crippen MR) is 129 cm³/mol. The van der Waals surface area contributed by atoms with Crippen LogP contribution in [0.4, 0.5) is 17.6 Å². The van der Waals surface area contributed by atoms with Crippen LogP contribution >= 0.6 is 0 Å². The van der Waals surface area contributed by atoms with Crippen molar-refractivity contribution in [1.82, 2.24) is 14.8 Å². The van der Waals surface area contributed by atoms with Crippen LogP contribution in [0.1, 0.15) is 66.4 Å². The van der Waals surface area contributed by atoms with Gasteiger partial charge in [0.25, 0.3) is 5.91 Å². The maximum Gasteiger partial charge on any atom is 0.417 e. The molecule has 0 bridgehead atoms. The number of amides is 2. The van der Waals surface area contributed by atoms with E-state index in [1.807, 2.05) is 6.92 Å². The molecule has 2 aliphatic heterocycles. The van der Waals surface area contributed by atoms with Crippen molar-refractivity contribution in [2.75, 3.05) is 26.7 Å². The molecule has 2 saturated heterocycles. The number of rotatable bonds is 6. The molecule has 0 saturated carbocycles. The van der Waals surface area contributed by atoms with Crippen LogP contribution < -0.4 is 4.74 Å². The largest absolute Gasteiger partial charge is 0.496 e. The molecule has 200 valence electrons. The molecule has 2 fully saturated rings. The van der Waals surface area contributed by atoms with Gasteiger partial charge in [-0.25, -0.2) is 4.39 Å². The van der Waals surface area contributed by atoms with Gasteiger partial charge in [0.05, 0.1) is 24.2 Å². The number of carbonyl (C=O) groups excluding carboxylic acids is 2. The van der Waals surface area contributed by atoms with Crippen molar-refractivity contribution in [3.8, 4) is 5.75 Å². The Balaban J connectivity index is 1.56. The summed E-state index contributed by atoms with van der Waals surface area (Å²) in [6.45, 7) is 2.94. The van der Waals surface area contributed by atoms with Crippen LogP contribution in [0.3, 0.4) is 0 Å². The van der Waals surface area contributed by atoms with Crippen molar-refractivity contribution in [1.29, 1.82) is 0 Å². The van der Waals surface area contributed by atoms with Crippen molar-refractivity contribution < 1.29 is 31.9 Å². The average molecular weight is 522 g/mol. The Bertz CT molecular complexity index is 1140. The highest BCUT2D eigenvalue weighted by Gasteiger charge is 2.43. The number of ether oxygens (including phenoxy) is 1. The van der Waals surface area contributed by atoms with Crippen molar-refractivity contribution in [3.05, 3.63) is 59.2 Å². The Kier molecular flexibility index (Phi) is 8.04. The van der Waals surface area contributed by atoms with Gasteiger partial charge in [-0.3, -0.25) is 14.6 Å². The normalized spacial score (nSPS) is 22.3. The van der Waals surface area contributed by atoms with E-state index in [4.69, 9.17) is 4.74 Å². The summed E-state index contributed by atoms with van der Waals surface area (Å²) in [7, 11) is 1.48. The number of likely N-dealkylation sites (tertiary alicyclic amines) is 2. The topological polar surface area (TPSA) is 62.7 Å². The van der Waals surface area contributed by atoms with Crippen molar-refractivity contribution in [2.45, 2.75) is 57.2 Å². The van der Waals surface area contributed by atoms with Gasteiger partial charge in [-0.1, -0.05) is 19.4 Å². The molecule has 0 aliphatic carbocycles. The zero-order valence-electron chi connectivity index (χ0n) is 20.9. The van der Waals surface area contributed by atoms with Gasteiger partial charge in [-0.15, -0.1) is 0 Å². The summed E-state index contributed by atoms with van der Waals surface area (Å²) in [6, 6.07) is 4.92. The number of nitrogens with zero attached hydrogens (tertiary/aromatic N) is 3. The molecule has 3 unspecified atom stereocenters. The Morgan fingerprint density at radius 1 is 1.16 bits per heavy atom. The van der Waals surface area contributed by atoms with Crippen molar-refractivity contribution >= 4 is 11.8 Å². The fourth-order valence-electron chi connectivity index (χ4n) is 5.74. The summed E-state index contributed by atoms with van der Waals surface area (Å²) in [4.78, 5) is 34.0. The first-order valence-corrected chi connectivity index (χ1v) is 12.6. The van der Waals surface area contributed by atoms with E-state index in [1.54, 1.807) is 17.0 Å². The number of carbonyl (C=O) groups is 2. The van der Waals surface area contributed by atoms with Gasteiger partial charge in [0.2, 0.25) is 5.91 Å².